The molecule has 0 unspecified atom stereocenters. The van der Waals surface area contributed by atoms with Crippen LogP contribution in [0, 0.1) is 5.82 Å². The second kappa shape index (κ2) is 8.12. The van der Waals surface area contributed by atoms with Gasteiger partial charge in [-0.05, 0) is 49.2 Å². The van der Waals surface area contributed by atoms with Gasteiger partial charge in [0.25, 0.3) is 5.56 Å². The molecule has 1 aliphatic rings. The number of H-pyrrole nitrogens is 1. The average Bonchev–Trinajstić information content (AvgIpc) is 3.50. The van der Waals surface area contributed by atoms with Gasteiger partial charge in [-0.1, -0.05) is 25.1 Å². The van der Waals surface area contributed by atoms with Gasteiger partial charge in [-0.25, -0.2) is 4.39 Å². The van der Waals surface area contributed by atoms with Crippen molar-refractivity contribution in [3.63, 3.8) is 0 Å². The molecule has 3 aromatic rings. The summed E-state index contributed by atoms with van der Waals surface area (Å²) in [5, 5.41) is 3.77. The normalized spacial score (nSPS) is 14.6. The van der Waals surface area contributed by atoms with E-state index in [9.17, 15) is 9.18 Å². The van der Waals surface area contributed by atoms with Crippen molar-refractivity contribution >= 4 is 35.3 Å². The van der Waals surface area contributed by atoms with Crippen molar-refractivity contribution in [3.05, 3.63) is 81.3 Å². The smallest absolute Gasteiger partial charge is 0.256 e. The summed E-state index contributed by atoms with van der Waals surface area (Å²) < 4.78 is 14.5. The van der Waals surface area contributed by atoms with E-state index in [1.165, 1.54) is 18.2 Å². The van der Waals surface area contributed by atoms with E-state index in [0.717, 1.165) is 29.8 Å². The molecule has 0 amide bonds. The highest BCUT2D eigenvalue weighted by atomic mass is 35.5. The number of nitrogens with one attached hydrogen (secondary N) is 2. The van der Waals surface area contributed by atoms with Crippen LogP contribution in [0.5, 0.6) is 0 Å². The number of aliphatic imine (C=N–C) groups is 1. The molecule has 158 valence electrons. The summed E-state index contributed by atoms with van der Waals surface area (Å²) in [5.74, 6) is -0.511. The van der Waals surface area contributed by atoms with Crippen LogP contribution in [-0.2, 0) is 5.41 Å². The van der Waals surface area contributed by atoms with Crippen LogP contribution in [0.4, 0.5) is 15.8 Å². The maximum absolute atomic E-state index is 14.5. The van der Waals surface area contributed by atoms with Crippen LogP contribution in [0.1, 0.15) is 36.7 Å². The molecule has 0 atom stereocenters. The standard InChI is InChI=1S/C24H22ClFN4O/c1-4-19-17(13-27-3)20(7-10-28-19)29-21-12-16(15-11-14(25)5-6-18(15)26)23(31)30-22(21)24(2)8-9-24/h4-7,10-13H,1,8-9H2,2-3H3,(H,28,29)(H,30,31). The van der Waals surface area contributed by atoms with Crippen LogP contribution in [0.25, 0.3) is 17.2 Å². The van der Waals surface area contributed by atoms with Gasteiger partial charge in [-0.2, -0.15) is 0 Å². The third-order valence-corrected chi connectivity index (χ3v) is 5.84. The molecule has 0 saturated heterocycles. The average molecular weight is 437 g/mol. The Kier molecular flexibility index (Phi) is 5.50. The molecule has 2 N–H and O–H groups in total. The predicted octanol–water partition coefficient (Wildman–Crippen LogP) is 5.72. The molecule has 1 fully saturated rings. The van der Waals surface area contributed by atoms with E-state index in [2.05, 4.69) is 33.8 Å². The van der Waals surface area contributed by atoms with Gasteiger partial charge in [0.2, 0.25) is 0 Å². The Morgan fingerprint density at radius 2 is 2.03 bits per heavy atom. The monoisotopic (exact) mass is 436 g/mol. The van der Waals surface area contributed by atoms with Crippen LogP contribution in [0.15, 0.2) is 52.9 Å². The lowest BCUT2D eigenvalue weighted by molar-refractivity contribution is 0.631. The lowest BCUT2D eigenvalue weighted by Crippen LogP contribution is -2.19. The lowest BCUT2D eigenvalue weighted by Gasteiger charge is -2.19. The van der Waals surface area contributed by atoms with Crippen molar-refractivity contribution in [2.24, 2.45) is 4.99 Å². The highest BCUT2D eigenvalue weighted by Crippen LogP contribution is 2.49. The molecule has 0 bridgehead atoms. The van der Waals surface area contributed by atoms with Crippen molar-refractivity contribution in [3.8, 4) is 11.1 Å². The number of aromatic nitrogens is 2. The van der Waals surface area contributed by atoms with E-state index in [4.69, 9.17) is 11.6 Å². The minimum atomic E-state index is -0.511. The summed E-state index contributed by atoms with van der Waals surface area (Å²) >= 11 is 6.07. The van der Waals surface area contributed by atoms with Gasteiger partial charge < -0.3 is 10.3 Å². The largest absolute Gasteiger partial charge is 0.353 e. The molecule has 1 aromatic carbocycles. The van der Waals surface area contributed by atoms with E-state index in [-0.39, 0.29) is 22.1 Å². The maximum Gasteiger partial charge on any atom is 0.256 e. The van der Waals surface area contributed by atoms with Crippen LogP contribution in [0.2, 0.25) is 5.02 Å². The van der Waals surface area contributed by atoms with Gasteiger partial charge in [0.15, 0.2) is 0 Å². The van der Waals surface area contributed by atoms with E-state index < -0.39 is 5.82 Å². The zero-order chi connectivity index (χ0) is 22.2. The molecular weight excluding hydrogens is 415 g/mol. The molecule has 0 aliphatic heterocycles. The van der Waals surface area contributed by atoms with Crippen LogP contribution >= 0.6 is 11.6 Å². The summed E-state index contributed by atoms with van der Waals surface area (Å²) in [4.78, 5) is 24.4. The minimum Gasteiger partial charge on any atom is -0.353 e. The van der Waals surface area contributed by atoms with Crippen LogP contribution in [0.3, 0.4) is 0 Å². The fraction of sp³-hybridized carbons (Fsp3) is 0.208. The maximum atomic E-state index is 14.5. The zero-order valence-corrected chi connectivity index (χ0v) is 18.1. The van der Waals surface area contributed by atoms with E-state index in [1.807, 2.05) is 6.07 Å². The topological polar surface area (TPSA) is 70.1 Å². The molecule has 4 rings (SSSR count). The van der Waals surface area contributed by atoms with Crippen LogP contribution in [-0.4, -0.2) is 23.2 Å². The first kappa shape index (κ1) is 21.0. The SMILES string of the molecule is C=Cc1nccc(Nc2cc(-c3cc(Cl)ccc3F)c(=O)[nH]c2C2(C)CC2)c1C=NC. The molecule has 0 radical (unpaired) electrons. The molecule has 31 heavy (non-hydrogen) atoms. The van der Waals surface area contributed by atoms with Gasteiger partial charge in [-0.15, -0.1) is 0 Å². The molecule has 5 nitrogen and oxygen atoms in total. The van der Waals surface area contributed by atoms with Crippen molar-refractivity contribution in [1.82, 2.24) is 9.97 Å². The molecule has 2 aromatic heterocycles. The third-order valence-electron chi connectivity index (χ3n) is 5.61. The van der Waals surface area contributed by atoms with E-state index in [0.29, 0.717) is 16.4 Å². The second-order valence-electron chi connectivity index (χ2n) is 7.86. The first-order valence-electron chi connectivity index (χ1n) is 9.90. The fourth-order valence-electron chi connectivity index (χ4n) is 3.62. The summed E-state index contributed by atoms with van der Waals surface area (Å²) in [6, 6.07) is 7.69. The Morgan fingerprint density at radius 3 is 2.71 bits per heavy atom. The molecule has 7 heteroatoms. The summed E-state index contributed by atoms with van der Waals surface area (Å²) in [6.07, 6.45) is 6.95. The number of hydrogen-bond acceptors (Lipinski definition) is 4. The number of hydrogen-bond donors (Lipinski definition) is 2. The van der Waals surface area contributed by atoms with Gasteiger partial charge >= 0.3 is 0 Å². The predicted molar refractivity (Wildman–Crippen MR) is 125 cm³/mol. The Labute approximate surface area is 184 Å². The van der Waals surface area contributed by atoms with Crippen molar-refractivity contribution < 1.29 is 4.39 Å². The quantitative estimate of drug-likeness (QED) is 0.486. The number of rotatable bonds is 6. The van der Waals surface area contributed by atoms with Gasteiger partial charge in [0, 0.05) is 46.7 Å². The number of benzene rings is 1. The Morgan fingerprint density at radius 1 is 1.26 bits per heavy atom. The Hall–Kier alpha value is -3.25. The van der Waals surface area contributed by atoms with Crippen molar-refractivity contribution in [2.45, 2.75) is 25.2 Å². The highest BCUT2D eigenvalue weighted by Gasteiger charge is 2.42. The number of halogens is 2. The summed E-state index contributed by atoms with van der Waals surface area (Å²) in [6.45, 7) is 5.91. The van der Waals surface area contributed by atoms with Crippen molar-refractivity contribution in [1.29, 1.82) is 0 Å². The number of pyridine rings is 2. The van der Waals surface area contributed by atoms with Gasteiger partial charge in [-0.3, -0.25) is 14.8 Å². The lowest BCUT2D eigenvalue weighted by atomic mass is 9.98. The third kappa shape index (κ3) is 4.03. The van der Waals surface area contributed by atoms with Crippen LogP contribution < -0.4 is 10.9 Å². The number of anilines is 2. The van der Waals surface area contributed by atoms with E-state index in [1.54, 1.807) is 31.6 Å². The molecule has 0 spiro atoms. The summed E-state index contributed by atoms with van der Waals surface area (Å²) in [7, 11) is 1.68. The molecule has 1 aliphatic carbocycles. The van der Waals surface area contributed by atoms with Gasteiger partial charge in [0.05, 0.1) is 22.6 Å². The Bertz CT molecular complexity index is 1260. The van der Waals surface area contributed by atoms with Gasteiger partial charge in [0.1, 0.15) is 5.82 Å². The number of nitrogens with zero attached hydrogens (tertiary/aromatic N) is 2. The van der Waals surface area contributed by atoms with E-state index >= 15 is 0 Å². The second-order valence-corrected chi connectivity index (χ2v) is 8.30. The molecule has 1 saturated carbocycles. The fourth-order valence-corrected chi connectivity index (χ4v) is 3.79. The number of aromatic amines is 1. The first-order chi connectivity index (χ1) is 14.9. The Balaban J connectivity index is 1.91. The molecular formula is C24H22ClFN4O. The molecule has 2 heterocycles. The van der Waals surface area contributed by atoms with Crippen molar-refractivity contribution in [2.75, 3.05) is 12.4 Å². The summed E-state index contributed by atoms with van der Waals surface area (Å²) in [5.41, 5.74) is 3.56. The zero-order valence-electron chi connectivity index (χ0n) is 17.3. The highest BCUT2D eigenvalue weighted by molar-refractivity contribution is 6.30. The first-order valence-corrected chi connectivity index (χ1v) is 10.3. The minimum absolute atomic E-state index is 0.139.